The first kappa shape index (κ1) is 29.2. The lowest BCUT2D eigenvalue weighted by Crippen LogP contribution is -2.50. The molecule has 224 valence electrons. The van der Waals surface area contributed by atoms with Crippen LogP contribution in [0.4, 0.5) is 20.6 Å². The van der Waals surface area contributed by atoms with Gasteiger partial charge in [-0.1, -0.05) is 0 Å². The highest BCUT2D eigenvalue weighted by molar-refractivity contribution is 6.10. The predicted molar refractivity (Wildman–Crippen MR) is 153 cm³/mol. The molecule has 0 spiro atoms. The van der Waals surface area contributed by atoms with Gasteiger partial charge in [-0.15, -0.1) is 0 Å². The van der Waals surface area contributed by atoms with E-state index in [-0.39, 0.29) is 24.6 Å². The maximum absolute atomic E-state index is 14.7. The molecule has 4 heterocycles. The number of aromatic nitrogens is 3. The number of carbonyl (C=O) groups is 3. The SMILES string of the molecule is CC(C)(C)OC(=O)N1CCN(c2cc3c(cc2NC(=O)c2cnn4cccnc24)CN(CC(F)C(C)(C)O)C3=O)CC1. The van der Waals surface area contributed by atoms with Gasteiger partial charge in [0.05, 0.1) is 29.7 Å². The van der Waals surface area contributed by atoms with E-state index in [1.54, 1.807) is 35.5 Å². The van der Waals surface area contributed by atoms with Crippen LogP contribution in [0.25, 0.3) is 5.65 Å². The lowest BCUT2D eigenvalue weighted by molar-refractivity contribution is -0.0159. The van der Waals surface area contributed by atoms with Gasteiger partial charge in [0.1, 0.15) is 17.3 Å². The van der Waals surface area contributed by atoms with Crippen LogP contribution in [0, 0.1) is 0 Å². The molecule has 12 nitrogen and oxygen atoms in total. The van der Waals surface area contributed by atoms with E-state index >= 15 is 0 Å². The van der Waals surface area contributed by atoms with Gasteiger partial charge in [-0.25, -0.2) is 18.7 Å². The highest BCUT2D eigenvalue weighted by atomic mass is 19.1. The first-order valence-electron chi connectivity index (χ1n) is 13.9. The van der Waals surface area contributed by atoms with Gasteiger partial charge in [-0.2, -0.15) is 5.10 Å². The molecule has 1 unspecified atom stereocenters. The fourth-order valence-electron chi connectivity index (χ4n) is 4.97. The highest BCUT2D eigenvalue weighted by Crippen LogP contribution is 2.36. The molecule has 13 heteroatoms. The molecule has 3 amide bonds. The van der Waals surface area contributed by atoms with Crippen molar-refractivity contribution in [3.8, 4) is 0 Å². The molecule has 2 N–H and O–H groups in total. The van der Waals surface area contributed by atoms with Crippen molar-refractivity contribution in [3.63, 3.8) is 0 Å². The third kappa shape index (κ3) is 6.01. The minimum Gasteiger partial charge on any atom is -0.444 e. The smallest absolute Gasteiger partial charge is 0.410 e. The van der Waals surface area contributed by atoms with Crippen LogP contribution < -0.4 is 10.2 Å². The number of carbonyl (C=O) groups excluding carboxylic acids is 3. The summed E-state index contributed by atoms with van der Waals surface area (Å²) in [6.07, 6.45) is 2.66. The first-order chi connectivity index (χ1) is 19.7. The number of amides is 3. The van der Waals surface area contributed by atoms with Crippen LogP contribution in [0.5, 0.6) is 0 Å². The Morgan fingerprint density at radius 1 is 1.14 bits per heavy atom. The second-order valence-electron chi connectivity index (χ2n) is 12.2. The average molecular weight is 582 g/mol. The average Bonchev–Trinajstić information content (AvgIpc) is 3.48. The van der Waals surface area contributed by atoms with E-state index in [4.69, 9.17) is 4.74 Å². The largest absolute Gasteiger partial charge is 0.444 e. The lowest BCUT2D eigenvalue weighted by Gasteiger charge is -2.37. The van der Waals surface area contributed by atoms with Crippen molar-refractivity contribution in [2.24, 2.45) is 0 Å². The number of halogens is 1. The zero-order valence-corrected chi connectivity index (χ0v) is 24.4. The van der Waals surface area contributed by atoms with Gasteiger partial charge >= 0.3 is 6.09 Å². The fourth-order valence-corrected chi connectivity index (χ4v) is 4.97. The number of hydrogen-bond donors (Lipinski definition) is 2. The van der Waals surface area contributed by atoms with E-state index in [2.05, 4.69) is 15.4 Å². The van der Waals surface area contributed by atoms with Crippen molar-refractivity contribution in [2.45, 2.75) is 58.5 Å². The number of nitrogens with zero attached hydrogens (tertiary/aromatic N) is 6. The minimum absolute atomic E-state index is 0.137. The van der Waals surface area contributed by atoms with E-state index < -0.39 is 29.4 Å². The molecule has 2 aliphatic rings. The van der Waals surface area contributed by atoms with Crippen molar-refractivity contribution >= 4 is 34.9 Å². The van der Waals surface area contributed by atoms with Crippen LogP contribution in [0.2, 0.25) is 0 Å². The van der Waals surface area contributed by atoms with Gasteiger partial charge in [-0.3, -0.25) is 9.59 Å². The molecule has 2 aliphatic heterocycles. The molecule has 1 atom stereocenters. The summed E-state index contributed by atoms with van der Waals surface area (Å²) in [7, 11) is 0. The molecule has 1 saturated heterocycles. The number of hydrogen-bond acceptors (Lipinski definition) is 8. The second kappa shape index (κ2) is 10.9. The lowest BCUT2D eigenvalue weighted by atomic mass is 10.0. The Balaban J connectivity index is 1.43. The van der Waals surface area contributed by atoms with Crippen molar-refractivity contribution in [3.05, 3.63) is 53.5 Å². The summed E-state index contributed by atoms with van der Waals surface area (Å²) >= 11 is 0. The van der Waals surface area contributed by atoms with Gasteiger partial charge < -0.3 is 29.9 Å². The summed E-state index contributed by atoms with van der Waals surface area (Å²) < 4.78 is 21.7. The molecule has 2 aromatic heterocycles. The number of aliphatic hydroxyl groups is 1. The zero-order valence-electron chi connectivity index (χ0n) is 24.4. The molecular formula is C29H36FN7O5. The van der Waals surface area contributed by atoms with Crippen LogP contribution in [-0.4, -0.2) is 97.5 Å². The van der Waals surface area contributed by atoms with Crippen LogP contribution >= 0.6 is 0 Å². The van der Waals surface area contributed by atoms with E-state index in [0.29, 0.717) is 54.3 Å². The summed E-state index contributed by atoms with van der Waals surface area (Å²) in [5.74, 6) is -0.778. The molecule has 0 aliphatic carbocycles. The normalized spacial score (nSPS) is 16.5. The molecule has 0 saturated carbocycles. The van der Waals surface area contributed by atoms with Crippen LogP contribution in [0.15, 0.2) is 36.8 Å². The van der Waals surface area contributed by atoms with Gasteiger partial charge in [0.2, 0.25) is 0 Å². The summed E-state index contributed by atoms with van der Waals surface area (Å²) in [5, 5.41) is 17.2. The molecule has 42 heavy (non-hydrogen) atoms. The summed E-state index contributed by atoms with van der Waals surface area (Å²) in [6.45, 7) is 9.67. The predicted octanol–water partition coefficient (Wildman–Crippen LogP) is 3.10. The summed E-state index contributed by atoms with van der Waals surface area (Å²) in [4.78, 5) is 48.6. The molecule has 0 radical (unpaired) electrons. The topological polar surface area (TPSA) is 133 Å². The van der Waals surface area contributed by atoms with Gasteiger partial charge in [0.15, 0.2) is 5.65 Å². The molecule has 0 bridgehead atoms. The number of ether oxygens (including phenoxy) is 1. The minimum atomic E-state index is -1.64. The fraction of sp³-hybridized carbons (Fsp3) is 0.483. The maximum atomic E-state index is 14.7. The third-order valence-corrected chi connectivity index (χ3v) is 7.29. The van der Waals surface area contributed by atoms with E-state index in [1.807, 2.05) is 25.7 Å². The standard InChI is InChI=1S/C29H36FN7O5/c1-28(2,3)42-27(40)35-11-9-34(10-12-35)22-14-19-18(16-36(26(19)39)17-23(30)29(4,5)41)13-21(22)33-25(38)20-15-32-37-8-6-7-31-24(20)37/h6-8,13-15,23,41H,9-12,16-17H2,1-5H3,(H,33,38). The number of alkyl halides is 1. The molecule has 1 aromatic carbocycles. The van der Waals surface area contributed by atoms with E-state index in [1.165, 1.54) is 29.5 Å². The monoisotopic (exact) mass is 581 g/mol. The molecule has 3 aromatic rings. The Bertz CT molecular complexity index is 1520. The van der Waals surface area contributed by atoms with Gasteiger partial charge in [-0.05, 0) is 58.4 Å². The Labute approximate surface area is 243 Å². The Kier molecular flexibility index (Phi) is 7.56. The van der Waals surface area contributed by atoms with Crippen molar-refractivity contribution < 1.29 is 28.6 Å². The molecular weight excluding hydrogens is 545 g/mol. The number of rotatable bonds is 6. The van der Waals surface area contributed by atoms with Gasteiger partial charge in [0, 0.05) is 50.7 Å². The van der Waals surface area contributed by atoms with Crippen molar-refractivity contribution in [2.75, 3.05) is 42.9 Å². The van der Waals surface area contributed by atoms with Crippen LogP contribution in [-0.2, 0) is 11.3 Å². The zero-order chi connectivity index (χ0) is 30.4. The number of nitrogens with one attached hydrogen (secondary N) is 1. The summed E-state index contributed by atoms with van der Waals surface area (Å²) in [6, 6.07) is 5.15. The number of anilines is 2. The Morgan fingerprint density at radius 3 is 2.52 bits per heavy atom. The van der Waals surface area contributed by atoms with Crippen LogP contribution in [0.1, 0.15) is 60.9 Å². The molecule has 1 fully saturated rings. The third-order valence-electron chi connectivity index (χ3n) is 7.29. The van der Waals surface area contributed by atoms with E-state index in [9.17, 15) is 23.9 Å². The van der Waals surface area contributed by atoms with Gasteiger partial charge in [0.25, 0.3) is 11.8 Å². The van der Waals surface area contributed by atoms with E-state index in [0.717, 1.165) is 0 Å². The number of benzene rings is 1. The quantitative estimate of drug-likeness (QED) is 0.454. The summed E-state index contributed by atoms with van der Waals surface area (Å²) in [5.41, 5.74) is 0.555. The van der Waals surface area contributed by atoms with Crippen molar-refractivity contribution in [1.29, 1.82) is 0 Å². The Morgan fingerprint density at radius 2 is 1.86 bits per heavy atom. The number of fused-ring (bicyclic) bond motifs is 2. The molecule has 5 rings (SSSR count). The number of piperazine rings is 1. The van der Waals surface area contributed by atoms with Crippen LogP contribution in [0.3, 0.4) is 0 Å². The highest BCUT2D eigenvalue weighted by Gasteiger charge is 2.36. The first-order valence-corrected chi connectivity index (χ1v) is 13.9. The van der Waals surface area contributed by atoms with Crippen molar-refractivity contribution in [1.82, 2.24) is 24.4 Å². The second-order valence-corrected chi connectivity index (χ2v) is 12.2. The Hall–Kier alpha value is -4.26. The maximum Gasteiger partial charge on any atom is 0.410 e.